The zero-order valence-electron chi connectivity index (χ0n) is 23.6. The van der Waals surface area contributed by atoms with Crippen molar-refractivity contribution in [3.05, 3.63) is 83.9 Å². The quantitative estimate of drug-likeness (QED) is 0.365. The van der Waals surface area contributed by atoms with E-state index in [1.165, 1.54) is 6.42 Å². The monoisotopic (exact) mass is 540 g/mol. The van der Waals surface area contributed by atoms with E-state index in [9.17, 15) is 9.59 Å². The predicted octanol–water partition coefficient (Wildman–Crippen LogP) is 6.03. The number of para-hydroxylation sites is 2. The molecule has 1 aliphatic heterocycles. The van der Waals surface area contributed by atoms with Gasteiger partial charge in [-0.1, -0.05) is 61.7 Å². The highest BCUT2D eigenvalue weighted by Gasteiger charge is 2.26. The van der Waals surface area contributed by atoms with Crippen molar-refractivity contribution in [2.24, 2.45) is 5.92 Å². The molecular formula is C33H40N4O3. The molecule has 2 fully saturated rings. The van der Waals surface area contributed by atoms with Gasteiger partial charge in [0.1, 0.15) is 5.75 Å². The second-order valence-electron chi connectivity index (χ2n) is 10.8. The van der Waals surface area contributed by atoms with Crippen molar-refractivity contribution < 1.29 is 14.3 Å². The number of nitrogens with zero attached hydrogens (tertiary/aromatic N) is 2. The van der Waals surface area contributed by atoms with Crippen LogP contribution in [0, 0.1) is 5.92 Å². The molecule has 2 aliphatic rings. The van der Waals surface area contributed by atoms with Gasteiger partial charge in [-0.2, -0.15) is 0 Å². The lowest BCUT2D eigenvalue weighted by Crippen LogP contribution is -2.47. The first-order chi connectivity index (χ1) is 19.5. The second-order valence-corrected chi connectivity index (χ2v) is 10.8. The van der Waals surface area contributed by atoms with E-state index in [-0.39, 0.29) is 23.8 Å². The number of methoxy groups -OCH3 is 1. The van der Waals surface area contributed by atoms with Crippen molar-refractivity contribution in [2.45, 2.75) is 45.1 Å². The summed E-state index contributed by atoms with van der Waals surface area (Å²) in [4.78, 5) is 31.3. The summed E-state index contributed by atoms with van der Waals surface area (Å²) in [5.74, 6) is 0.824. The van der Waals surface area contributed by atoms with Gasteiger partial charge < -0.3 is 25.2 Å². The van der Waals surface area contributed by atoms with E-state index in [2.05, 4.69) is 26.5 Å². The molecule has 0 aromatic heterocycles. The normalized spacial score (nSPS) is 16.8. The maximum atomic E-state index is 13.7. The Labute approximate surface area is 237 Å². The number of anilines is 3. The lowest BCUT2D eigenvalue weighted by atomic mass is 9.88. The number of hydrogen-bond donors (Lipinski definition) is 2. The Morgan fingerprint density at radius 2 is 1.48 bits per heavy atom. The average molecular weight is 541 g/mol. The van der Waals surface area contributed by atoms with Gasteiger partial charge in [0.25, 0.3) is 5.91 Å². The highest BCUT2D eigenvalue weighted by molar-refractivity contribution is 6.02. The number of rotatable bonds is 8. The highest BCUT2D eigenvalue weighted by atomic mass is 16.5. The first-order valence-electron chi connectivity index (χ1n) is 14.5. The van der Waals surface area contributed by atoms with Crippen LogP contribution in [-0.4, -0.2) is 45.1 Å². The molecule has 1 saturated carbocycles. The minimum absolute atomic E-state index is 0.0480. The van der Waals surface area contributed by atoms with Gasteiger partial charge in [-0.05, 0) is 55.7 Å². The number of nitrogens with one attached hydrogen (secondary N) is 2. The van der Waals surface area contributed by atoms with Gasteiger partial charge in [0.2, 0.25) is 5.91 Å². The minimum atomic E-state index is -0.149. The Bertz CT molecular complexity index is 1300. The van der Waals surface area contributed by atoms with E-state index in [4.69, 9.17) is 4.74 Å². The summed E-state index contributed by atoms with van der Waals surface area (Å²) in [6, 6.07) is 23.7. The molecule has 1 aliphatic carbocycles. The molecule has 1 unspecified atom stereocenters. The smallest absolute Gasteiger partial charge is 0.253 e. The summed E-state index contributed by atoms with van der Waals surface area (Å²) >= 11 is 0. The maximum absolute atomic E-state index is 13.7. The molecule has 40 heavy (non-hydrogen) atoms. The topological polar surface area (TPSA) is 73.9 Å². The van der Waals surface area contributed by atoms with Crippen LogP contribution in [0.2, 0.25) is 0 Å². The average Bonchev–Trinajstić information content (AvgIpc) is 3.02. The van der Waals surface area contributed by atoms with Crippen LogP contribution in [0.1, 0.15) is 61.0 Å². The molecule has 0 spiro atoms. The minimum Gasteiger partial charge on any atom is -0.495 e. The van der Waals surface area contributed by atoms with Crippen LogP contribution in [-0.2, 0) is 4.79 Å². The van der Waals surface area contributed by atoms with Gasteiger partial charge in [-0.3, -0.25) is 9.59 Å². The molecule has 7 heteroatoms. The maximum Gasteiger partial charge on any atom is 0.253 e. The van der Waals surface area contributed by atoms with E-state index in [1.807, 2.05) is 73.7 Å². The van der Waals surface area contributed by atoms with Gasteiger partial charge in [0.05, 0.1) is 24.4 Å². The van der Waals surface area contributed by atoms with E-state index >= 15 is 0 Å². The Morgan fingerprint density at radius 3 is 2.17 bits per heavy atom. The number of carbonyl (C=O) groups is 2. The molecule has 3 aromatic rings. The fraction of sp³-hybridized carbons (Fsp3) is 0.394. The molecule has 1 heterocycles. The first-order valence-corrected chi connectivity index (χ1v) is 14.5. The Hall–Kier alpha value is -4.00. The third-order valence-corrected chi connectivity index (χ3v) is 8.18. The van der Waals surface area contributed by atoms with Gasteiger partial charge in [0.15, 0.2) is 0 Å². The third-order valence-electron chi connectivity index (χ3n) is 8.18. The van der Waals surface area contributed by atoms with Crippen LogP contribution in [0.15, 0.2) is 72.8 Å². The van der Waals surface area contributed by atoms with Crippen molar-refractivity contribution in [1.82, 2.24) is 5.32 Å². The molecule has 0 bridgehead atoms. The van der Waals surface area contributed by atoms with E-state index in [0.29, 0.717) is 11.3 Å². The van der Waals surface area contributed by atoms with Crippen LogP contribution in [0.25, 0.3) is 0 Å². The lowest BCUT2D eigenvalue weighted by molar-refractivity contribution is -0.120. The van der Waals surface area contributed by atoms with Gasteiger partial charge in [0, 0.05) is 43.5 Å². The Kier molecular flexibility index (Phi) is 8.89. The summed E-state index contributed by atoms with van der Waals surface area (Å²) in [6.07, 6.45) is 5.27. The third kappa shape index (κ3) is 6.41. The molecule has 1 saturated heterocycles. The van der Waals surface area contributed by atoms with Crippen molar-refractivity contribution in [1.29, 1.82) is 0 Å². The molecule has 0 radical (unpaired) electrons. The summed E-state index contributed by atoms with van der Waals surface area (Å²) in [7, 11) is 1.70. The SMILES string of the molecule is COc1ccccc1N1CCN(c2ccc(NC(=O)C3CCCCC3)cc2C(=O)NC(C)c2ccccc2)CC1. The van der Waals surface area contributed by atoms with Crippen LogP contribution in [0.3, 0.4) is 0 Å². The molecule has 1 atom stereocenters. The standard InChI is InChI=1S/C33H40N4O3/c1-24(25-11-5-3-6-12-25)34-33(39)28-23-27(35-32(38)26-13-7-4-8-14-26)17-18-29(28)36-19-21-37(22-20-36)30-15-9-10-16-31(30)40-2/h3,5-6,9-12,15-18,23-24,26H,4,7-8,13-14,19-22H2,1-2H3,(H,34,39)(H,35,38). The zero-order chi connectivity index (χ0) is 27.9. The number of hydrogen-bond acceptors (Lipinski definition) is 5. The summed E-state index contributed by atoms with van der Waals surface area (Å²) in [5.41, 5.74) is 4.26. The number of ether oxygens (including phenoxy) is 1. The van der Waals surface area contributed by atoms with Crippen molar-refractivity contribution in [3.8, 4) is 5.75 Å². The first kappa shape index (κ1) is 27.6. The Morgan fingerprint density at radius 1 is 0.825 bits per heavy atom. The lowest BCUT2D eigenvalue weighted by Gasteiger charge is -2.38. The number of benzene rings is 3. The second kappa shape index (κ2) is 12.9. The molecule has 2 amide bonds. The fourth-order valence-electron chi connectivity index (χ4n) is 5.86. The largest absolute Gasteiger partial charge is 0.495 e. The Balaban J connectivity index is 1.36. The van der Waals surface area contributed by atoms with Crippen LogP contribution < -0.4 is 25.2 Å². The number of piperazine rings is 1. The predicted molar refractivity (Wildman–Crippen MR) is 161 cm³/mol. The van der Waals surface area contributed by atoms with E-state index in [1.54, 1.807) is 7.11 Å². The molecular weight excluding hydrogens is 500 g/mol. The van der Waals surface area contributed by atoms with Crippen LogP contribution >= 0.6 is 0 Å². The van der Waals surface area contributed by atoms with Crippen molar-refractivity contribution >= 4 is 28.9 Å². The van der Waals surface area contributed by atoms with Gasteiger partial charge >= 0.3 is 0 Å². The number of carbonyl (C=O) groups excluding carboxylic acids is 2. The van der Waals surface area contributed by atoms with E-state index < -0.39 is 0 Å². The summed E-state index contributed by atoms with van der Waals surface area (Å²) in [5, 5.41) is 6.28. The van der Waals surface area contributed by atoms with Crippen LogP contribution in [0.4, 0.5) is 17.1 Å². The number of amides is 2. The molecule has 210 valence electrons. The van der Waals surface area contributed by atoms with Gasteiger partial charge in [-0.25, -0.2) is 0 Å². The van der Waals surface area contributed by atoms with Crippen molar-refractivity contribution in [2.75, 3.05) is 48.4 Å². The molecule has 5 rings (SSSR count). The molecule has 7 nitrogen and oxygen atoms in total. The van der Waals surface area contributed by atoms with Crippen molar-refractivity contribution in [3.63, 3.8) is 0 Å². The zero-order valence-corrected chi connectivity index (χ0v) is 23.6. The summed E-state index contributed by atoms with van der Waals surface area (Å²) in [6.45, 7) is 5.14. The van der Waals surface area contributed by atoms with Crippen LogP contribution in [0.5, 0.6) is 5.75 Å². The summed E-state index contributed by atoms with van der Waals surface area (Å²) < 4.78 is 5.58. The highest BCUT2D eigenvalue weighted by Crippen LogP contribution is 2.32. The van der Waals surface area contributed by atoms with Gasteiger partial charge in [-0.15, -0.1) is 0 Å². The molecule has 2 N–H and O–H groups in total. The van der Waals surface area contributed by atoms with E-state index in [0.717, 1.165) is 74.6 Å². The fourth-order valence-corrected chi connectivity index (χ4v) is 5.86. The molecule has 3 aromatic carbocycles.